The van der Waals surface area contributed by atoms with E-state index in [1.54, 1.807) is 18.1 Å². The number of carbonyl (C=O) groups is 1. The Kier molecular flexibility index (Phi) is 4.08. The number of methoxy groups -OCH3 is 1. The van der Waals surface area contributed by atoms with Crippen LogP contribution in [0, 0.1) is 0 Å². The SMILES string of the molecule is C=C/C=C/CN1C(=O)[C@H](OC)[C@@H]1[C@H]1COC(C)(C)O1. The van der Waals surface area contributed by atoms with E-state index in [1.165, 1.54) is 0 Å². The molecule has 0 aromatic heterocycles. The molecule has 2 fully saturated rings. The standard InChI is InChI=1S/C14H21NO4/c1-5-6-7-8-15-11(12(17-4)13(15)16)10-9-18-14(2,3)19-10/h5-7,10-12H,1,8-9H2,2-4H3/b7-6+/t10-,11+,12-/m1/s1. The van der Waals surface area contributed by atoms with Gasteiger partial charge in [-0.15, -0.1) is 0 Å². The molecule has 2 aliphatic rings. The third kappa shape index (κ3) is 2.73. The summed E-state index contributed by atoms with van der Waals surface area (Å²) in [4.78, 5) is 13.7. The molecule has 2 rings (SSSR count). The van der Waals surface area contributed by atoms with E-state index in [0.29, 0.717) is 13.2 Å². The molecule has 0 aromatic rings. The second kappa shape index (κ2) is 5.45. The van der Waals surface area contributed by atoms with Crippen LogP contribution in [-0.4, -0.2) is 55.1 Å². The van der Waals surface area contributed by atoms with Crippen LogP contribution in [0.5, 0.6) is 0 Å². The zero-order valence-electron chi connectivity index (χ0n) is 11.7. The lowest BCUT2D eigenvalue weighted by Gasteiger charge is -2.47. The quantitative estimate of drug-likeness (QED) is 0.553. The highest BCUT2D eigenvalue weighted by Crippen LogP contribution is 2.33. The highest BCUT2D eigenvalue weighted by molar-refractivity contribution is 5.88. The van der Waals surface area contributed by atoms with E-state index in [9.17, 15) is 4.79 Å². The third-order valence-electron chi connectivity index (χ3n) is 3.44. The summed E-state index contributed by atoms with van der Waals surface area (Å²) in [5.41, 5.74) is 0. The number of ether oxygens (including phenoxy) is 3. The van der Waals surface area contributed by atoms with Crippen molar-refractivity contribution in [1.82, 2.24) is 4.90 Å². The number of hydrogen-bond donors (Lipinski definition) is 0. The highest BCUT2D eigenvalue weighted by atomic mass is 16.7. The van der Waals surface area contributed by atoms with Crippen LogP contribution in [0.15, 0.2) is 24.8 Å². The summed E-state index contributed by atoms with van der Waals surface area (Å²) in [6.07, 6.45) is 4.82. The van der Waals surface area contributed by atoms with Gasteiger partial charge in [0.1, 0.15) is 6.10 Å². The molecule has 0 bridgehead atoms. The first-order valence-electron chi connectivity index (χ1n) is 6.43. The number of nitrogens with zero attached hydrogens (tertiary/aromatic N) is 1. The van der Waals surface area contributed by atoms with Gasteiger partial charge < -0.3 is 19.1 Å². The van der Waals surface area contributed by atoms with Crippen molar-refractivity contribution >= 4 is 5.91 Å². The highest BCUT2D eigenvalue weighted by Gasteiger charge is 2.54. The average Bonchev–Trinajstić information content (AvgIpc) is 2.71. The second-order valence-corrected chi connectivity index (χ2v) is 5.17. The van der Waals surface area contributed by atoms with Crippen LogP contribution in [-0.2, 0) is 19.0 Å². The van der Waals surface area contributed by atoms with Crippen LogP contribution in [0.3, 0.4) is 0 Å². The van der Waals surface area contributed by atoms with Crippen molar-refractivity contribution in [3.8, 4) is 0 Å². The smallest absolute Gasteiger partial charge is 0.254 e. The van der Waals surface area contributed by atoms with E-state index < -0.39 is 11.9 Å². The maximum absolute atomic E-state index is 12.0. The number of allylic oxidation sites excluding steroid dienone is 2. The molecule has 5 heteroatoms. The van der Waals surface area contributed by atoms with Gasteiger partial charge in [-0.25, -0.2) is 0 Å². The third-order valence-corrected chi connectivity index (χ3v) is 3.44. The monoisotopic (exact) mass is 267 g/mol. The van der Waals surface area contributed by atoms with Gasteiger partial charge in [-0.05, 0) is 13.8 Å². The molecule has 0 aliphatic carbocycles. The molecule has 0 N–H and O–H groups in total. The molecule has 0 aromatic carbocycles. The van der Waals surface area contributed by atoms with E-state index in [1.807, 2.05) is 26.0 Å². The Hall–Kier alpha value is -1.17. The molecule has 106 valence electrons. The zero-order chi connectivity index (χ0) is 14.0. The van der Waals surface area contributed by atoms with Gasteiger partial charge in [-0.1, -0.05) is 24.8 Å². The molecule has 5 nitrogen and oxygen atoms in total. The van der Waals surface area contributed by atoms with Gasteiger partial charge in [0.15, 0.2) is 11.9 Å². The molecule has 0 spiro atoms. The molecule has 19 heavy (non-hydrogen) atoms. The molecular formula is C14H21NO4. The van der Waals surface area contributed by atoms with Gasteiger partial charge in [-0.2, -0.15) is 0 Å². The molecule has 2 aliphatic heterocycles. The van der Waals surface area contributed by atoms with E-state index in [-0.39, 0.29) is 18.1 Å². The van der Waals surface area contributed by atoms with Crippen LogP contribution in [0.1, 0.15) is 13.8 Å². The van der Waals surface area contributed by atoms with Crippen molar-refractivity contribution in [2.45, 2.75) is 37.9 Å². The molecule has 1 amide bonds. The van der Waals surface area contributed by atoms with Crippen molar-refractivity contribution in [2.24, 2.45) is 0 Å². The van der Waals surface area contributed by atoms with Gasteiger partial charge in [0.2, 0.25) is 0 Å². The number of amides is 1. The first kappa shape index (κ1) is 14.2. The Balaban J connectivity index is 2.04. The Morgan fingerprint density at radius 1 is 1.58 bits per heavy atom. The Morgan fingerprint density at radius 2 is 2.32 bits per heavy atom. The molecular weight excluding hydrogens is 246 g/mol. The lowest BCUT2D eigenvalue weighted by molar-refractivity contribution is -0.191. The van der Waals surface area contributed by atoms with Crippen LogP contribution < -0.4 is 0 Å². The summed E-state index contributed by atoms with van der Waals surface area (Å²) < 4.78 is 16.6. The Bertz CT molecular complexity index is 391. The van der Waals surface area contributed by atoms with Crippen molar-refractivity contribution in [2.75, 3.05) is 20.3 Å². The minimum absolute atomic E-state index is 0.00508. The van der Waals surface area contributed by atoms with Crippen LogP contribution in [0.4, 0.5) is 0 Å². The van der Waals surface area contributed by atoms with Gasteiger partial charge in [0.05, 0.1) is 12.6 Å². The minimum atomic E-state index is -0.593. The molecule has 0 saturated carbocycles. The summed E-state index contributed by atoms with van der Waals surface area (Å²) >= 11 is 0. The van der Waals surface area contributed by atoms with Crippen LogP contribution >= 0.6 is 0 Å². The minimum Gasteiger partial charge on any atom is -0.369 e. The number of rotatable bonds is 5. The largest absolute Gasteiger partial charge is 0.369 e. The molecule has 0 unspecified atom stereocenters. The van der Waals surface area contributed by atoms with Crippen molar-refractivity contribution in [3.05, 3.63) is 24.8 Å². The van der Waals surface area contributed by atoms with Crippen LogP contribution in [0.25, 0.3) is 0 Å². The van der Waals surface area contributed by atoms with Crippen molar-refractivity contribution in [1.29, 1.82) is 0 Å². The molecule has 3 atom stereocenters. The van der Waals surface area contributed by atoms with Gasteiger partial charge in [-0.3, -0.25) is 4.79 Å². The number of hydrogen-bond acceptors (Lipinski definition) is 4. The molecule has 2 heterocycles. The number of carbonyl (C=O) groups excluding carboxylic acids is 1. The maximum atomic E-state index is 12.0. The molecule has 0 radical (unpaired) electrons. The van der Waals surface area contributed by atoms with Gasteiger partial charge >= 0.3 is 0 Å². The number of β-lactam (4-membered cyclic amide) rings is 1. The zero-order valence-corrected chi connectivity index (χ0v) is 11.7. The fourth-order valence-electron chi connectivity index (χ4n) is 2.54. The second-order valence-electron chi connectivity index (χ2n) is 5.17. The van der Waals surface area contributed by atoms with E-state index >= 15 is 0 Å². The van der Waals surface area contributed by atoms with E-state index in [4.69, 9.17) is 14.2 Å². The predicted molar refractivity (Wildman–Crippen MR) is 70.5 cm³/mol. The first-order chi connectivity index (χ1) is 9.00. The fourth-order valence-corrected chi connectivity index (χ4v) is 2.54. The van der Waals surface area contributed by atoms with Crippen molar-refractivity contribution in [3.63, 3.8) is 0 Å². The predicted octanol–water partition coefficient (Wildman–Crippen LogP) is 1.11. The fraction of sp³-hybridized carbons (Fsp3) is 0.643. The van der Waals surface area contributed by atoms with E-state index in [0.717, 1.165) is 0 Å². The van der Waals surface area contributed by atoms with E-state index in [2.05, 4.69) is 6.58 Å². The lowest BCUT2D eigenvalue weighted by atomic mass is 9.92. The topological polar surface area (TPSA) is 48.0 Å². The van der Waals surface area contributed by atoms with Gasteiger partial charge in [0, 0.05) is 13.7 Å². The summed E-state index contributed by atoms with van der Waals surface area (Å²) in [6.45, 7) is 8.37. The Labute approximate surface area is 113 Å². The van der Waals surface area contributed by atoms with Gasteiger partial charge in [0.25, 0.3) is 5.91 Å². The summed E-state index contributed by atoms with van der Waals surface area (Å²) in [7, 11) is 1.55. The number of likely N-dealkylation sites (tertiary alicyclic amines) is 1. The summed E-state index contributed by atoms with van der Waals surface area (Å²) in [6, 6.07) is -0.0891. The average molecular weight is 267 g/mol. The van der Waals surface area contributed by atoms with Crippen LogP contribution in [0.2, 0.25) is 0 Å². The lowest BCUT2D eigenvalue weighted by Crippen LogP contribution is -2.70. The summed E-state index contributed by atoms with van der Waals surface area (Å²) in [5, 5.41) is 0. The summed E-state index contributed by atoms with van der Waals surface area (Å²) in [5.74, 6) is -0.598. The molecule has 2 saturated heterocycles. The first-order valence-corrected chi connectivity index (χ1v) is 6.43. The Morgan fingerprint density at radius 3 is 2.84 bits per heavy atom. The maximum Gasteiger partial charge on any atom is 0.254 e. The van der Waals surface area contributed by atoms with Crippen molar-refractivity contribution < 1.29 is 19.0 Å². The normalized spacial score (nSPS) is 33.7.